The number of fused-ring (bicyclic) bond motifs is 1. The highest BCUT2D eigenvalue weighted by Gasteiger charge is 2.38. The van der Waals surface area contributed by atoms with Gasteiger partial charge in [0.05, 0.1) is 31.5 Å². The molecule has 0 saturated heterocycles. The Kier molecular flexibility index (Phi) is 6.11. The third-order valence-electron chi connectivity index (χ3n) is 6.03. The van der Waals surface area contributed by atoms with Gasteiger partial charge < -0.3 is 19.9 Å². The van der Waals surface area contributed by atoms with Crippen LogP contribution in [0.4, 0.5) is 10.1 Å². The van der Waals surface area contributed by atoms with E-state index < -0.39 is 5.97 Å². The Bertz CT molecular complexity index is 1180. The van der Waals surface area contributed by atoms with E-state index in [1.807, 2.05) is 30.3 Å². The molecule has 0 amide bonds. The van der Waals surface area contributed by atoms with Crippen LogP contribution in [0.15, 0.2) is 59.1 Å². The largest absolute Gasteiger partial charge is 0.493 e. The van der Waals surface area contributed by atoms with Gasteiger partial charge in [0.15, 0.2) is 11.5 Å². The Hall–Kier alpha value is -3.06. The number of hydrogen-bond acceptors (Lipinski definition) is 4. The molecular weight excluding hydrogens is 477 g/mol. The first-order valence-electron chi connectivity index (χ1n) is 10.1. The van der Waals surface area contributed by atoms with Crippen molar-refractivity contribution in [3.63, 3.8) is 0 Å². The molecule has 0 fully saturated rings. The number of anilines is 1. The number of nitrogens with one attached hydrogen (secondary N) is 1. The zero-order valence-corrected chi connectivity index (χ0v) is 19.4. The Morgan fingerprint density at radius 3 is 2.44 bits per heavy atom. The maximum Gasteiger partial charge on any atom is 0.337 e. The summed E-state index contributed by atoms with van der Waals surface area (Å²) < 4.78 is 25.6. The molecule has 0 saturated carbocycles. The Balaban J connectivity index is 1.95. The molecule has 2 N–H and O–H groups in total. The van der Waals surface area contributed by atoms with Gasteiger partial charge in [0, 0.05) is 10.4 Å². The number of rotatable bonds is 5. The summed E-state index contributed by atoms with van der Waals surface area (Å²) in [6, 6.07) is 15.4. The molecule has 0 aliphatic carbocycles. The Morgan fingerprint density at radius 1 is 1.03 bits per heavy atom. The van der Waals surface area contributed by atoms with Crippen molar-refractivity contribution in [1.82, 2.24) is 0 Å². The summed E-state index contributed by atoms with van der Waals surface area (Å²) in [6.45, 7) is 2.08. The van der Waals surface area contributed by atoms with Gasteiger partial charge in [-0.25, -0.2) is 9.18 Å². The van der Waals surface area contributed by atoms with Gasteiger partial charge in [-0.2, -0.15) is 0 Å². The van der Waals surface area contributed by atoms with E-state index in [4.69, 9.17) is 9.47 Å². The highest BCUT2D eigenvalue weighted by atomic mass is 79.9. The van der Waals surface area contributed by atoms with Gasteiger partial charge in [0.2, 0.25) is 0 Å². The summed E-state index contributed by atoms with van der Waals surface area (Å²) >= 11 is 3.46. The van der Waals surface area contributed by atoms with Gasteiger partial charge in [0.25, 0.3) is 0 Å². The van der Waals surface area contributed by atoms with Crippen molar-refractivity contribution in [2.75, 3.05) is 19.5 Å². The van der Waals surface area contributed by atoms with Crippen LogP contribution in [0.1, 0.15) is 45.9 Å². The van der Waals surface area contributed by atoms with Crippen molar-refractivity contribution in [2.45, 2.75) is 18.9 Å². The van der Waals surface area contributed by atoms with E-state index in [9.17, 15) is 14.3 Å². The summed E-state index contributed by atoms with van der Waals surface area (Å²) in [5.74, 6) is -0.366. The standard InChI is InChI=1S/C25H23BrFNO4/c1-13-22(14-7-8-20(31-2)21(10-14)32-3)18-11-16(26)12-19(25(29)30)24(18)28-23(13)15-5-4-6-17(27)9-15/h4-13,22-23,28H,1-3H3,(H,29,30). The molecule has 166 valence electrons. The first-order chi connectivity index (χ1) is 15.3. The molecule has 1 heterocycles. The third kappa shape index (κ3) is 3.93. The molecule has 0 aromatic heterocycles. The molecule has 3 aromatic carbocycles. The molecule has 5 nitrogen and oxygen atoms in total. The monoisotopic (exact) mass is 499 g/mol. The maximum absolute atomic E-state index is 14.0. The fraction of sp³-hybridized carbons (Fsp3) is 0.240. The van der Waals surface area contributed by atoms with Crippen LogP contribution in [-0.4, -0.2) is 25.3 Å². The zero-order chi connectivity index (χ0) is 23.0. The molecule has 3 unspecified atom stereocenters. The van der Waals surface area contributed by atoms with Crippen LogP contribution in [0.3, 0.4) is 0 Å². The van der Waals surface area contributed by atoms with Gasteiger partial charge in [-0.05, 0) is 59.0 Å². The summed E-state index contributed by atoms with van der Waals surface area (Å²) in [7, 11) is 3.16. The van der Waals surface area contributed by atoms with E-state index in [-0.39, 0.29) is 29.3 Å². The Labute approximate surface area is 194 Å². The van der Waals surface area contributed by atoms with Crippen LogP contribution in [0.25, 0.3) is 0 Å². The van der Waals surface area contributed by atoms with Crippen LogP contribution in [0.5, 0.6) is 11.5 Å². The average molecular weight is 500 g/mol. The van der Waals surface area contributed by atoms with Crippen LogP contribution in [0.2, 0.25) is 0 Å². The molecule has 0 radical (unpaired) electrons. The lowest BCUT2D eigenvalue weighted by atomic mass is 9.72. The second kappa shape index (κ2) is 8.82. The van der Waals surface area contributed by atoms with Crippen LogP contribution < -0.4 is 14.8 Å². The number of carbonyl (C=O) groups is 1. The quantitative estimate of drug-likeness (QED) is 0.434. The normalized spacial score (nSPS) is 19.6. The number of ether oxygens (including phenoxy) is 2. The summed E-state index contributed by atoms with van der Waals surface area (Å²) in [4.78, 5) is 12.1. The number of aromatic carboxylic acids is 1. The summed E-state index contributed by atoms with van der Waals surface area (Å²) in [5.41, 5.74) is 3.26. The molecule has 1 aliphatic heterocycles. The number of methoxy groups -OCH3 is 2. The molecule has 0 spiro atoms. The molecule has 32 heavy (non-hydrogen) atoms. The van der Waals surface area contributed by atoms with Crippen molar-refractivity contribution in [1.29, 1.82) is 0 Å². The van der Waals surface area contributed by atoms with Crippen LogP contribution in [0, 0.1) is 11.7 Å². The van der Waals surface area contributed by atoms with Crippen molar-refractivity contribution in [2.24, 2.45) is 5.92 Å². The van der Waals surface area contributed by atoms with Crippen LogP contribution in [-0.2, 0) is 0 Å². The molecule has 7 heteroatoms. The van der Waals surface area contributed by atoms with Crippen molar-refractivity contribution < 1.29 is 23.8 Å². The van der Waals surface area contributed by atoms with E-state index in [2.05, 4.69) is 28.2 Å². The minimum atomic E-state index is -1.03. The number of hydrogen-bond donors (Lipinski definition) is 2. The minimum Gasteiger partial charge on any atom is -0.493 e. The maximum atomic E-state index is 14.0. The summed E-state index contributed by atoms with van der Waals surface area (Å²) in [5, 5.41) is 13.3. The molecular formula is C25H23BrFNO4. The van der Waals surface area contributed by atoms with Gasteiger partial charge in [0.1, 0.15) is 5.82 Å². The first-order valence-corrected chi connectivity index (χ1v) is 10.9. The predicted octanol–water partition coefficient (Wildman–Crippen LogP) is 6.24. The number of benzene rings is 3. The molecule has 3 aromatic rings. The van der Waals surface area contributed by atoms with E-state index in [1.54, 1.807) is 26.4 Å². The lowest BCUT2D eigenvalue weighted by Gasteiger charge is -2.40. The fourth-order valence-electron chi connectivity index (χ4n) is 4.58. The highest BCUT2D eigenvalue weighted by molar-refractivity contribution is 9.10. The minimum absolute atomic E-state index is 0.0293. The van der Waals surface area contributed by atoms with Gasteiger partial charge in [-0.15, -0.1) is 0 Å². The topological polar surface area (TPSA) is 67.8 Å². The lowest BCUT2D eigenvalue weighted by Crippen LogP contribution is -2.32. The van der Waals surface area contributed by atoms with E-state index in [0.29, 0.717) is 21.7 Å². The summed E-state index contributed by atoms with van der Waals surface area (Å²) in [6.07, 6.45) is 0. The average Bonchev–Trinajstić information content (AvgIpc) is 2.77. The third-order valence-corrected chi connectivity index (χ3v) is 6.48. The fourth-order valence-corrected chi connectivity index (χ4v) is 5.06. The first kappa shape index (κ1) is 22.1. The van der Waals surface area contributed by atoms with E-state index in [0.717, 1.165) is 16.7 Å². The van der Waals surface area contributed by atoms with Crippen LogP contribution >= 0.6 is 15.9 Å². The van der Waals surface area contributed by atoms with Crippen molar-refractivity contribution in [3.8, 4) is 11.5 Å². The zero-order valence-electron chi connectivity index (χ0n) is 17.9. The smallest absolute Gasteiger partial charge is 0.337 e. The second-order valence-electron chi connectivity index (χ2n) is 7.85. The highest BCUT2D eigenvalue weighted by Crippen LogP contribution is 2.50. The van der Waals surface area contributed by atoms with Crippen molar-refractivity contribution in [3.05, 3.63) is 87.1 Å². The number of halogens is 2. The molecule has 0 bridgehead atoms. The molecule has 3 atom stereocenters. The second-order valence-corrected chi connectivity index (χ2v) is 8.77. The van der Waals surface area contributed by atoms with Gasteiger partial charge >= 0.3 is 5.97 Å². The van der Waals surface area contributed by atoms with E-state index >= 15 is 0 Å². The number of carboxylic acids is 1. The predicted molar refractivity (Wildman–Crippen MR) is 124 cm³/mol. The SMILES string of the molecule is COc1ccc(C2c3cc(Br)cc(C(=O)O)c3NC(c3cccc(F)c3)C2C)cc1OC. The van der Waals surface area contributed by atoms with Gasteiger partial charge in [-0.1, -0.05) is 41.1 Å². The van der Waals surface area contributed by atoms with Gasteiger partial charge in [-0.3, -0.25) is 0 Å². The van der Waals surface area contributed by atoms with Crippen molar-refractivity contribution >= 4 is 27.6 Å². The molecule has 1 aliphatic rings. The van der Waals surface area contributed by atoms with E-state index in [1.165, 1.54) is 12.1 Å². The lowest BCUT2D eigenvalue weighted by molar-refractivity contribution is 0.0697. The molecule has 4 rings (SSSR count). The number of carboxylic acid groups (broad SMARTS) is 1. The Morgan fingerprint density at radius 2 is 1.78 bits per heavy atom.